The van der Waals surface area contributed by atoms with E-state index in [0.717, 1.165) is 35.4 Å². The van der Waals surface area contributed by atoms with Crippen molar-refractivity contribution in [2.75, 3.05) is 4.72 Å². The van der Waals surface area contributed by atoms with Crippen molar-refractivity contribution >= 4 is 42.5 Å². The second-order valence-electron chi connectivity index (χ2n) is 6.29. The maximum Gasteiger partial charge on any atom is 0.416 e. The van der Waals surface area contributed by atoms with Crippen LogP contribution in [-0.2, 0) is 23.2 Å². The molecule has 4 rings (SSSR count). The van der Waals surface area contributed by atoms with Gasteiger partial charge in [-0.1, -0.05) is 15.9 Å². The second kappa shape index (κ2) is 7.09. The molecule has 0 atom stereocenters. The first-order chi connectivity index (χ1) is 14.0. The molecule has 1 aromatic carbocycles. The quantitative estimate of drug-likeness (QED) is 0.460. The highest BCUT2D eigenvalue weighted by Crippen LogP contribution is 2.31. The molecule has 30 heavy (non-hydrogen) atoms. The van der Waals surface area contributed by atoms with Crippen molar-refractivity contribution in [1.82, 2.24) is 24.5 Å². The van der Waals surface area contributed by atoms with Crippen molar-refractivity contribution in [2.24, 2.45) is 7.05 Å². The van der Waals surface area contributed by atoms with Crippen molar-refractivity contribution < 1.29 is 21.6 Å². The van der Waals surface area contributed by atoms with E-state index < -0.39 is 21.8 Å². The lowest BCUT2D eigenvalue weighted by Gasteiger charge is -2.09. The normalized spacial score (nSPS) is 12.4. The minimum absolute atomic E-state index is 0.164. The van der Waals surface area contributed by atoms with Crippen LogP contribution in [0.25, 0.3) is 16.7 Å². The molecule has 156 valence electrons. The van der Waals surface area contributed by atoms with Crippen LogP contribution in [0.1, 0.15) is 5.56 Å². The number of alkyl halides is 3. The maximum absolute atomic E-state index is 12.9. The van der Waals surface area contributed by atoms with Crippen LogP contribution in [0.3, 0.4) is 0 Å². The molecule has 0 aliphatic heterocycles. The van der Waals surface area contributed by atoms with Crippen LogP contribution < -0.4 is 4.72 Å². The molecular weight excluding hydrogens is 489 g/mol. The molecule has 0 aliphatic rings. The first-order valence-electron chi connectivity index (χ1n) is 8.27. The number of nitrogens with zero attached hydrogens (tertiary/aromatic N) is 5. The van der Waals surface area contributed by atoms with Crippen molar-refractivity contribution in [3.05, 3.63) is 59.1 Å². The van der Waals surface area contributed by atoms with E-state index in [2.05, 4.69) is 35.8 Å². The number of fused-ring (bicyclic) bond motifs is 1. The van der Waals surface area contributed by atoms with E-state index >= 15 is 0 Å². The lowest BCUT2D eigenvalue weighted by atomic mass is 10.2. The third kappa shape index (κ3) is 3.77. The van der Waals surface area contributed by atoms with Gasteiger partial charge in [0.15, 0.2) is 5.82 Å². The van der Waals surface area contributed by atoms with E-state index in [1.165, 1.54) is 4.68 Å². The number of pyridine rings is 1. The Labute approximate surface area is 176 Å². The Morgan fingerprint density at radius 3 is 2.63 bits per heavy atom. The van der Waals surface area contributed by atoms with Gasteiger partial charge >= 0.3 is 6.18 Å². The molecule has 0 saturated carbocycles. The van der Waals surface area contributed by atoms with Gasteiger partial charge in [0.2, 0.25) is 0 Å². The van der Waals surface area contributed by atoms with Crippen LogP contribution in [-0.4, -0.2) is 33.0 Å². The fraction of sp³-hybridized carbons (Fsp3) is 0.118. The number of anilines is 1. The monoisotopic (exact) mass is 500 g/mol. The molecule has 0 bridgehead atoms. The minimum atomic E-state index is -4.56. The van der Waals surface area contributed by atoms with E-state index in [4.69, 9.17) is 0 Å². The predicted octanol–water partition coefficient (Wildman–Crippen LogP) is 3.74. The molecule has 3 aromatic heterocycles. The van der Waals surface area contributed by atoms with E-state index in [1.54, 1.807) is 25.4 Å². The molecule has 0 unspecified atom stereocenters. The van der Waals surface area contributed by atoms with E-state index in [-0.39, 0.29) is 16.4 Å². The van der Waals surface area contributed by atoms with Gasteiger partial charge in [-0.05, 0) is 24.3 Å². The highest BCUT2D eigenvalue weighted by molar-refractivity contribution is 9.10. The number of sulfonamides is 1. The number of rotatable bonds is 4. The van der Waals surface area contributed by atoms with Gasteiger partial charge < -0.3 is 0 Å². The zero-order chi connectivity index (χ0) is 21.7. The van der Waals surface area contributed by atoms with Gasteiger partial charge in [-0.2, -0.15) is 23.4 Å². The average Bonchev–Trinajstić information content (AvgIpc) is 3.29. The summed E-state index contributed by atoms with van der Waals surface area (Å²) >= 11 is 3.33. The summed E-state index contributed by atoms with van der Waals surface area (Å²) in [5.41, 5.74) is -0.0729. The third-order valence-electron chi connectivity index (χ3n) is 4.22. The van der Waals surface area contributed by atoms with E-state index in [1.807, 2.05) is 0 Å². The molecule has 0 fully saturated rings. The van der Waals surface area contributed by atoms with Gasteiger partial charge in [0, 0.05) is 23.1 Å². The van der Waals surface area contributed by atoms with Gasteiger partial charge in [0.25, 0.3) is 10.0 Å². The Morgan fingerprint density at radius 1 is 1.13 bits per heavy atom. The van der Waals surface area contributed by atoms with E-state index in [0.29, 0.717) is 15.4 Å². The Morgan fingerprint density at radius 2 is 1.90 bits per heavy atom. The number of aryl methyl sites for hydroxylation is 1. The first-order valence-corrected chi connectivity index (χ1v) is 10.5. The fourth-order valence-corrected chi connectivity index (χ4v) is 4.32. The summed E-state index contributed by atoms with van der Waals surface area (Å²) in [5.74, 6) is -0.164. The number of hydrogen-bond donors (Lipinski definition) is 1. The third-order valence-corrected chi connectivity index (χ3v) is 6.00. The number of hydrogen-bond acceptors (Lipinski definition) is 5. The van der Waals surface area contributed by atoms with Crippen LogP contribution in [0.2, 0.25) is 0 Å². The van der Waals surface area contributed by atoms with Crippen molar-refractivity contribution in [3.8, 4) is 5.82 Å². The summed E-state index contributed by atoms with van der Waals surface area (Å²) in [5, 5.41) is 8.68. The lowest BCUT2D eigenvalue weighted by Crippen LogP contribution is -2.13. The summed E-state index contributed by atoms with van der Waals surface area (Å²) in [4.78, 5) is 3.59. The van der Waals surface area contributed by atoms with Gasteiger partial charge in [0.1, 0.15) is 4.90 Å². The van der Waals surface area contributed by atoms with Gasteiger partial charge in [-0.25, -0.2) is 18.1 Å². The number of aromatic nitrogens is 5. The topological polar surface area (TPSA) is 94.7 Å². The van der Waals surface area contributed by atoms with Crippen LogP contribution in [0.4, 0.5) is 18.9 Å². The highest BCUT2D eigenvalue weighted by atomic mass is 79.9. The Hall–Kier alpha value is -2.93. The first kappa shape index (κ1) is 20.3. The van der Waals surface area contributed by atoms with Gasteiger partial charge in [0.05, 0.1) is 35.4 Å². The molecule has 0 saturated heterocycles. The Balaban J connectivity index is 1.70. The van der Waals surface area contributed by atoms with Crippen molar-refractivity contribution in [3.63, 3.8) is 0 Å². The Kier molecular flexibility index (Phi) is 4.81. The molecular formula is C17H12BrF3N6O2S. The molecule has 13 heteroatoms. The summed E-state index contributed by atoms with van der Waals surface area (Å²) in [7, 11) is -2.42. The molecule has 0 radical (unpaired) electrons. The predicted molar refractivity (Wildman–Crippen MR) is 106 cm³/mol. The summed E-state index contributed by atoms with van der Waals surface area (Å²) in [6.07, 6.45) is 0.130. The summed E-state index contributed by atoms with van der Waals surface area (Å²) in [6.45, 7) is 0. The molecule has 4 aromatic rings. The van der Waals surface area contributed by atoms with Crippen molar-refractivity contribution in [2.45, 2.75) is 11.1 Å². The smallest absolute Gasteiger partial charge is 0.277 e. The molecule has 0 aliphatic carbocycles. The van der Waals surface area contributed by atoms with E-state index in [9.17, 15) is 21.6 Å². The standard InChI is InChI=1S/C17H12BrF3N6O2S/c1-26-16-10(7-23-26)4-12(18)6-14(16)25-30(28,29)13-8-24-27(9-13)15-5-11(2-3-22-15)17(19,20)21/h2-9,25H,1H3. The molecule has 3 heterocycles. The zero-order valence-electron chi connectivity index (χ0n) is 15.1. The second-order valence-corrected chi connectivity index (χ2v) is 8.88. The van der Waals surface area contributed by atoms with Crippen LogP contribution in [0.5, 0.6) is 0 Å². The van der Waals surface area contributed by atoms with Gasteiger partial charge in [-0.15, -0.1) is 0 Å². The fourth-order valence-electron chi connectivity index (χ4n) is 2.86. The number of benzene rings is 1. The molecule has 8 nitrogen and oxygen atoms in total. The zero-order valence-corrected chi connectivity index (χ0v) is 17.5. The largest absolute Gasteiger partial charge is 0.416 e. The molecule has 0 spiro atoms. The minimum Gasteiger partial charge on any atom is -0.277 e. The van der Waals surface area contributed by atoms with Gasteiger partial charge in [-0.3, -0.25) is 9.40 Å². The number of halogens is 4. The highest BCUT2D eigenvalue weighted by Gasteiger charge is 2.31. The molecule has 0 amide bonds. The summed E-state index contributed by atoms with van der Waals surface area (Å²) in [6, 6.07) is 4.97. The summed E-state index contributed by atoms with van der Waals surface area (Å²) < 4.78 is 70.0. The van der Waals surface area contributed by atoms with Crippen LogP contribution in [0.15, 0.2) is 58.4 Å². The molecule has 1 N–H and O–H groups in total. The number of nitrogens with one attached hydrogen (secondary N) is 1. The Bertz CT molecular complexity index is 1360. The average molecular weight is 501 g/mol. The van der Waals surface area contributed by atoms with Crippen LogP contribution in [0, 0.1) is 0 Å². The van der Waals surface area contributed by atoms with Crippen LogP contribution >= 0.6 is 15.9 Å². The lowest BCUT2D eigenvalue weighted by molar-refractivity contribution is -0.137. The maximum atomic E-state index is 12.9. The SMILES string of the molecule is Cn1ncc2cc(Br)cc(NS(=O)(=O)c3cnn(-c4cc(C(F)(F)F)ccn4)c3)c21. The van der Waals surface area contributed by atoms with Crippen molar-refractivity contribution in [1.29, 1.82) is 0 Å².